The highest BCUT2D eigenvalue weighted by atomic mass is 19.1. The molecule has 0 aliphatic heterocycles. The van der Waals surface area contributed by atoms with Crippen molar-refractivity contribution in [3.05, 3.63) is 0 Å². The maximum atomic E-state index is 11.6. The summed E-state index contributed by atoms with van der Waals surface area (Å²) in [6.07, 6.45) is 0.590. The van der Waals surface area contributed by atoms with Crippen molar-refractivity contribution >= 4 is 7.56 Å². The highest BCUT2D eigenvalue weighted by Gasteiger charge is 1.96. The number of nitrogens with zero attached hydrogens (tertiary/aromatic N) is 1. The highest BCUT2D eigenvalue weighted by molar-refractivity contribution is 6.26. The van der Waals surface area contributed by atoms with E-state index in [2.05, 4.69) is 4.90 Å². The minimum Gasteiger partial charge on any atom is -0.340 e. The van der Waals surface area contributed by atoms with Crippen LogP contribution in [0.3, 0.4) is 0 Å². The van der Waals surface area contributed by atoms with Crippen LogP contribution in [0, 0.1) is 0 Å². The van der Waals surface area contributed by atoms with Crippen LogP contribution in [0.15, 0.2) is 0 Å². The fourth-order valence-corrected chi connectivity index (χ4v) is 0.659. The van der Waals surface area contributed by atoms with E-state index in [-0.39, 0.29) is 7.56 Å². The van der Waals surface area contributed by atoms with E-state index in [4.69, 9.17) is 0 Å². The summed E-state index contributed by atoms with van der Waals surface area (Å²) in [5, 5.41) is 0. The molecule has 0 atom stereocenters. The van der Waals surface area contributed by atoms with Crippen LogP contribution in [0.25, 0.3) is 0 Å². The van der Waals surface area contributed by atoms with Gasteiger partial charge in [0.2, 0.25) is 0 Å². The van der Waals surface area contributed by atoms with Crippen LogP contribution in [0.4, 0.5) is 4.32 Å². The van der Waals surface area contributed by atoms with Crippen LogP contribution in [-0.2, 0) is 0 Å². The van der Waals surface area contributed by atoms with E-state index < -0.39 is 0 Å². The molecule has 8 heavy (non-hydrogen) atoms. The molecule has 0 amide bonds. The van der Waals surface area contributed by atoms with E-state index >= 15 is 0 Å². The summed E-state index contributed by atoms with van der Waals surface area (Å²) in [7, 11) is -0.221. The molecule has 0 spiro atoms. The van der Waals surface area contributed by atoms with Gasteiger partial charge in [-0.2, -0.15) is 0 Å². The van der Waals surface area contributed by atoms with Gasteiger partial charge in [0.15, 0.2) is 0 Å². The van der Waals surface area contributed by atoms with Crippen molar-refractivity contribution in [1.29, 1.82) is 0 Å². The minimum absolute atomic E-state index is 0.221. The van der Waals surface area contributed by atoms with Gasteiger partial charge >= 0.3 is 7.56 Å². The summed E-state index contributed by atoms with van der Waals surface area (Å²) in [5.74, 6) is 0. The first-order valence-corrected chi connectivity index (χ1v) is 3.13. The first-order chi connectivity index (χ1) is 3.85. The third-order valence-corrected chi connectivity index (χ3v) is 1.30. The molecular weight excluding hydrogens is 104 g/mol. The molecule has 48 valence electrons. The Balaban J connectivity index is 3.07. The fourth-order valence-electron chi connectivity index (χ4n) is 0.659. The van der Waals surface area contributed by atoms with Crippen LogP contribution >= 0.6 is 0 Å². The number of hydrogen-bond donors (Lipinski definition) is 0. The van der Waals surface area contributed by atoms with E-state index in [0.717, 1.165) is 13.1 Å². The van der Waals surface area contributed by atoms with Crippen LogP contribution in [0.1, 0.15) is 13.8 Å². The Kier molecular flexibility index (Phi) is 5.07. The zero-order valence-corrected chi connectivity index (χ0v) is 5.65. The van der Waals surface area contributed by atoms with Gasteiger partial charge in [-0.15, -0.1) is 0 Å². The molecule has 1 nitrogen and oxygen atoms in total. The van der Waals surface area contributed by atoms with Crippen molar-refractivity contribution in [3.8, 4) is 0 Å². The Morgan fingerprint density at radius 2 is 1.88 bits per heavy atom. The molecule has 0 aromatic heterocycles. The second kappa shape index (κ2) is 5.10. The third kappa shape index (κ3) is 3.02. The normalized spacial score (nSPS) is 10.0. The maximum absolute atomic E-state index is 11.6. The summed E-state index contributed by atoms with van der Waals surface area (Å²) in [5.41, 5.74) is 0. The van der Waals surface area contributed by atoms with Gasteiger partial charge in [0.25, 0.3) is 0 Å². The molecule has 0 aromatic carbocycles. The lowest BCUT2D eigenvalue weighted by Crippen LogP contribution is -2.26. The van der Waals surface area contributed by atoms with E-state index in [1.807, 2.05) is 13.8 Å². The van der Waals surface area contributed by atoms with E-state index in [0.29, 0.717) is 6.44 Å². The van der Waals surface area contributed by atoms with Gasteiger partial charge in [0.1, 0.15) is 0 Å². The lowest BCUT2D eigenvalue weighted by atomic mass is 10.1. The molecule has 0 aliphatic carbocycles. The zero-order valence-electron chi connectivity index (χ0n) is 5.65. The largest absolute Gasteiger partial charge is 0.345 e. The number of halogens is 1. The first kappa shape index (κ1) is 7.95. The highest BCUT2D eigenvalue weighted by Crippen LogP contribution is 1.83. The van der Waals surface area contributed by atoms with E-state index in [9.17, 15) is 4.32 Å². The summed E-state index contributed by atoms with van der Waals surface area (Å²) < 4.78 is 11.6. The molecule has 0 N–H and O–H groups in total. The van der Waals surface area contributed by atoms with Gasteiger partial charge in [-0.25, -0.2) is 0 Å². The average Bonchev–Trinajstić information content (AvgIpc) is 1.83. The molecule has 0 heterocycles. The van der Waals surface area contributed by atoms with Gasteiger partial charge in [-0.3, -0.25) is 0 Å². The van der Waals surface area contributed by atoms with Crippen molar-refractivity contribution in [2.45, 2.75) is 13.8 Å². The van der Waals surface area contributed by atoms with Gasteiger partial charge < -0.3 is 9.22 Å². The topological polar surface area (TPSA) is 3.24 Å². The predicted molar refractivity (Wildman–Crippen MR) is 36.0 cm³/mol. The molecule has 0 saturated carbocycles. The van der Waals surface area contributed by atoms with E-state index in [1.54, 1.807) is 0 Å². The average molecular weight is 117 g/mol. The van der Waals surface area contributed by atoms with Crippen molar-refractivity contribution in [3.63, 3.8) is 0 Å². The Morgan fingerprint density at radius 3 is 2.00 bits per heavy atom. The van der Waals surface area contributed by atoms with Gasteiger partial charge in [0, 0.05) is 6.44 Å². The fraction of sp³-hybridized carbons (Fsp3) is 1.00. The summed E-state index contributed by atoms with van der Waals surface area (Å²) in [6.45, 7) is 6.00. The van der Waals surface area contributed by atoms with E-state index in [1.165, 1.54) is 0 Å². The predicted octanol–water partition coefficient (Wildman–Crippen LogP) is 0.607. The Morgan fingerprint density at radius 1 is 1.38 bits per heavy atom. The lowest BCUT2D eigenvalue weighted by Gasteiger charge is -2.14. The smallest absolute Gasteiger partial charge is 0.340 e. The van der Waals surface area contributed by atoms with Gasteiger partial charge in [-0.1, -0.05) is 13.8 Å². The van der Waals surface area contributed by atoms with Crippen LogP contribution in [-0.4, -0.2) is 32.0 Å². The maximum Gasteiger partial charge on any atom is 0.345 e. The second-order valence-corrected chi connectivity index (χ2v) is 1.72. The Hall–Kier alpha value is -0.0451. The summed E-state index contributed by atoms with van der Waals surface area (Å²) in [4.78, 5) is 2.06. The minimum atomic E-state index is -0.221. The summed E-state index contributed by atoms with van der Waals surface area (Å²) in [6, 6.07) is 0. The Labute approximate surface area is 51.2 Å². The van der Waals surface area contributed by atoms with Crippen molar-refractivity contribution in [2.24, 2.45) is 0 Å². The van der Waals surface area contributed by atoms with Crippen LogP contribution < -0.4 is 0 Å². The molecule has 0 unspecified atom stereocenters. The molecule has 0 fully saturated rings. The standard InChI is InChI=1S/C5H13BFN/c1-3-8(4-2)5-6-7/h6H,3-5H2,1-2H3. The number of rotatable bonds is 4. The van der Waals surface area contributed by atoms with Crippen molar-refractivity contribution in [1.82, 2.24) is 4.90 Å². The molecule has 0 rings (SSSR count). The van der Waals surface area contributed by atoms with Crippen molar-refractivity contribution in [2.75, 3.05) is 19.5 Å². The molecule has 3 heteroatoms. The summed E-state index contributed by atoms with van der Waals surface area (Å²) >= 11 is 0. The molecule has 0 bridgehead atoms. The molecule has 0 radical (unpaired) electrons. The number of hydrogen-bond acceptors (Lipinski definition) is 1. The molecular formula is C5H13BFN. The quantitative estimate of drug-likeness (QED) is 0.487. The molecule has 0 aromatic rings. The van der Waals surface area contributed by atoms with Gasteiger partial charge in [-0.05, 0) is 13.1 Å². The third-order valence-electron chi connectivity index (χ3n) is 1.30. The van der Waals surface area contributed by atoms with Crippen molar-refractivity contribution < 1.29 is 4.32 Å². The first-order valence-electron chi connectivity index (χ1n) is 3.13. The molecule has 0 aliphatic rings. The Bertz CT molecular complexity index is 47.7. The van der Waals surface area contributed by atoms with Crippen LogP contribution in [0.2, 0.25) is 0 Å². The monoisotopic (exact) mass is 117 g/mol. The zero-order chi connectivity index (χ0) is 6.41. The SMILES string of the molecule is CCN(CC)CBF. The second-order valence-electron chi connectivity index (χ2n) is 1.72. The van der Waals surface area contributed by atoms with Crippen LogP contribution in [0.5, 0.6) is 0 Å². The molecule has 0 saturated heterocycles. The lowest BCUT2D eigenvalue weighted by molar-refractivity contribution is 0.348. The van der Waals surface area contributed by atoms with Gasteiger partial charge in [0.05, 0.1) is 0 Å².